The fourth-order valence-corrected chi connectivity index (χ4v) is 6.47. The topological polar surface area (TPSA) is 93.6 Å². The zero-order chi connectivity index (χ0) is 24.5. The van der Waals surface area contributed by atoms with Crippen LogP contribution in [0.2, 0.25) is 5.02 Å². The molecule has 0 amide bonds. The quantitative estimate of drug-likeness (QED) is 0.399. The van der Waals surface area contributed by atoms with E-state index in [0.29, 0.717) is 31.0 Å². The minimum atomic E-state index is -3.49. The minimum Gasteiger partial charge on any atom is -0.270 e. The second-order valence-corrected chi connectivity index (χ2v) is 13.0. The molecular weight excluding hydrogens is 496 g/mol. The van der Waals surface area contributed by atoms with Crippen molar-refractivity contribution in [3.8, 4) is 0 Å². The van der Waals surface area contributed by atoms with Crippen molar-refractivity contribution in [2.45, 2.75) is 31.6 Å². The Morgan fingerprint density at radius 2 is 1.85 bits per heavy atom. The van der Waals surface area contributed by atoms with Gasteiger partial charge in [-0.05, 0) is 78.1 Å². The van der Waals surface area contributed by atoms with E-state index in [2.05, 4.69) is 12.1 Å². The molecule has 1 aromatic heterocycles. The Labute approximate surface area is 207 Å². The predicted octanol–water partition coefficient (Wildman–Crippen LogP) is 4.15. The van der Waals surface area contributed by atoms with Gasteiger partial charge in [-0.15, -0.1) is 0 Å². The maximum atomic E-state index is 12.0. The number of hydrogen-bond acceptors (Lipinski definition) is 6. The van der Waals surface area contributed by atoms with Crippen LogP contribution in [0, 0.1) is 5.92 Å². The van der Waals surface area contributed by atoms with Gasteiger partial charge >= 0.3 is 0 Å². The van der Waals surface area contributed by atoms with E-state index in [4.69, 9.17) is 20.8 Å². The Bertz CT molecular complexity index is 1300. The van der Waals surface area contributed by atoms with E-state index in [1.165, 1.54) is 6.26 Å². The maximum absolute atomic E-state index is 12.0. The summed E-state index contributed by atoms with van der Waals surface area (Å²) in [6.07, 6.45) is 8.87. The first-order valence-electron chi connectivity index (χ1n) is 11.3. The molecule has 1 unspecified atom stereocenters. The summed E-state index contributed by atoms with van der Waals surface area (Å²) in [5, 5.41) is 0.626. The SMILES string of the molecule is CS(=O)(=O)OCCCC1=Cc2cccnc2C(C2CCN(S(C)(=O)=O)CC2)c2ccc(Cl)cc21. The minimum absolute atomic E-state index is 0.00574. The lowest BCUT2D eigenvalue weighted by Gasteiger charge is -2.35. The number of sulfonamides is 1. The van der Waals surface area contributed by atoms with Crippen LogP contribution in [0.15, 0.2) is 36.5 Å². The first-order chi connectivity index (χ1) is 16.0. The highest BCUT2D eigenvalue weighted by molar-refractivity contribution is 7.88. The van der Waals surface area contributed by atoms with Crippen LogP contribution in [0.5, 0.6) is 0 Å². The lowest BCUT2D eigenvalue weighted by atomic mass is 9.76. The number of rotatable bonds is 7. The molecule has 0 saturated carbocycles. The molecular formula is C24H29ClN2O5S2. The molecule has 1 saturated heterocycles. The summed E-state index contributed by atoms with van der Waals surface area (Å²) < 4.78 is 53.2. The second-order valence-electron chi connectivity index (χ2n) is 8.99. The van der Waals surface area contributed by atoms with Gasteiger partial charge in [-0.1, -0.05) is 23.7 Å². The van der Waals surface area contributed by atoms with Gasteiger partial charge in [-0.25, -0.2) is 12.7 Å². The summed E-state index contributed by atoms with van der Waals surface area (Å²) in [5.41, 5.74) is 5.20. The number of allylic oxidation sites excluding steroid dienone is 1. The molecule has 4 rings (SSSR count). The Morgan fingerprint density at radius 3 is 2.53 bits per heavy atom. The first kappa shape index (κ1) is 25.3. The molecule has 1 fully saturated rings. The van der Waals surface area contributed by atoms with Crippen molar-refractivity contribution in [2.24, 2.45) is 5.92 Å². The van der Waals surface area contributed by atoms with Crippen LogP contribution in [0.4, 0.5) is 0 Å². The van der Waals surface area contributed by atoms with Gasteiger partial charge in [-0.2, -0.15) is 8.42 Å². The van der Waals surface area contributed by atoms with E-state index >= 15 is 0 Å². The summed E-state index contributed by atoms with van der Waals surface area (Å²) in [4.78, 5) is 4.77. The van der Waals surface area contributed by atoms with E-state index in [0.717, 1.165) is 47.1 Å². The number of piperidine rings is 1. The van der Waals surface area contributed by atoms with Crippen LogP contribution in [0.25, 0.3) is 11.6 Å². The molecule has 0 N–H and O–H groups in total. The Balaban J connectivity index is 1.70. The second kappa shape index (κ2) is 10.1. The molecule has 184 valence electrons. The number of hydrogen-bond donors (Lipinski definition) is 0. The van der Waals surface area contributed by atoms with Crippen LogP contribution in [-0.4, -0.2) is 58.3 Å². The third-order valence-electron chi connectivity index (χ3n) is 6.52. The lowest BCUT2D eigenvalue weighted by molar-refractivity contribution is 0.256. The average molecular weight is 525 g/mol. The molecule has 2 aromatic rings. The summed E-state index contributed by atoms with van der Waals surface area (Å²) in [6.45, 7) is 1.10. The van der Waals surface area contributed by atoms with Crippen LogP contribution >= 0.6 is 11.6 Å². The number of halogens is 1. The molecule has 2 aliphatic rings. The van der Waals surface area contributed by atoms with Gasteiger partial charge in [0.05, 0.1) is 24.8 Å². The number of fused-ring (bicyclic) bond motifs is 2. The molecule has 1 aliphatic heterocycles. The van der Waals surface area contributed by atoms with Crippen molar-refractivity contribution in [3.63, 3.8) is 0 Å². The van der Waals surface area contributed by atoms with Gasteiger partial charge in [0, 0.05) is 30.2 Å². The van der Waals surface area contributed by atoms with Crippen molar-refractivity contribution in [2.75, 3.05) is 32.2 Å². The molecule has 0 radical (unpaired) electrons. The van der Waals surface area contributed by atoms with Crippen LogP contribution in [0.3, 0.4) is 0 Å². The van der Waals surface area contributed by atoms with Gasteiger partial charge < -0.3 is 0 Å². The van der Waals surface area contributed by atoms with Gasteiger partial charge in [0.25, 0.3) is 10.1 Å². The largest absolute Gasteiger partial charge is 0.270 e. The summed E-state index contributed by atoms with van der Waals surface area (Å²) >= 11 is 6.41. The summed E-state index contributed by atoms with van der Waals surface area (Å²) in [7, 11) is -6.70. The Morgan fingerprint density at radius 1 is 1.12 bits per heavy atom. The van der Waals surface area contributed by atoms with Gasteiger partial charge in [0.1, 0.15) is 0 Å². The number of pyridine rings is 1. The van der Waals surface area contributed by atoms with E-state index in [1.807, 2.05) is 24.3 Å². The highest BCUT2D eigenvalue weighted by Crippen LogP contribution is 2.45. The molecule has 34 heavy (non-hydrogen) atoms. The Kier molecular flexibility index (Phi) is 7.50. The lowest BCUT2D eigenvalue weighted by Crippen LogP contribution is -2.39. The molecule has 0 bridgehead atoms. The predicted molar refractivity (Wildman–Crippen MR) is 135 cm³/mol. The summed E-state index contributed by atoms with van der Waals surface area (Å²) in [6, 6.07) is 9.85. The van der Waals surface area contributed by atoms with E-state index in [-0.39, 0.29) is 18.4 Å². The number of nitrogens with zero attached hydrogens (tertiary/aromatic N) is 2. The standard InChI is InChI=1S/C24H29ClN2O5S2/c1-33(28,29)27-12-9-17(10-13-27)23-21-8-7-20(25)16-22(21)18(6-4-14-32-34(2,30)31)15-19-5-3-11-26-24(19)23/h3,5,7-8,11,15-17,23H,4,6,9-10,12-14H2,1-2H3. The normalized spacial score (nSPS) is 19.7. The maximum Gasteiger partial charge on any atom is 0.264 e. The smallest absolute Gasteiger partial charge is 0.264 e. The fraction of sp³-hybridized carbons (Fsp3) is 0.458. The average Bonchev–Trinajstić information content (AvgIpc) is 2.90. The zero-order valence-electron chi connectivity index (χ0n) is 19.3. The van der Waals surface area contributed by atoms with E-state index in [9.17, 15) is 16.8 Å². The van der Waals surface area contributed by atoms with Crippen molar-refractivity contribution in [3.05, 3.63) is 63.9 Å². The highest BCUT2D eigenvalue weighted by atomic mass is 35.5. The van der Waals surface area contributed by atoms with Crippen LogP contribution < -0.4 is 0 Å². The fourth-order valence-electron chi connectivity index (χ4n) is 5.00. The van der Waals surface area contributed by atoms with Crippen LogP contribution in [-0.2, 0) is 24.3 Å². The molecule has 0 spiro atoms. The van der Waals surface area contributed by atoms with Crippen molar-refractivity contribution < 1.29 is 21.0 Å². The van der Waals surface area contributed by atoms with Crippen LogP contribution in [0.1, 0.15) is 54.0 Å². The molecule has 10 heteroatoms. The van der Waals surface area contributed by atoms with E-state index < -0.39 is 20.1 Å². The molecule has 2 heterocycles. The van der Waals surface area contributed by atoms with Gasteiger partial charge in [-0.3, -0.25) is 9.17 Å². The third-order valence-corrected chi connectivity index (χ3v) is 8.65. The monoisotopic (exact) mass is 524 g/mol. The third kappa shape index (κ3) is 5.88. The zero-order valence-corrected chi connectivity index (χ0v) is 21.7. The molecule has 1 aromatic carbocycles. The van der Waals surface area contributed by atoms with Gasteiger partial charge in [0.15, 0.2) is 0 Å². The molecule has 1 atom stereocenters. The molecule has 1 aliphatic carbocycles. The van der Waals surface area contributed by atoms with E-state index in [1.54, 1.807) is 10.5 Å². The summed E-state index contributed by atoms with van der Waals surface area (Å²) in [5.74, 6) is 0.235. The van der Waals surface area contributed by atoms with Gasteiger partial charge in [0.2, 0.25) is 10.0 Å². The molecule has 7 nitrogen and oxygen atoms in total. The number of benzene rings is 1. The van der Waals surface area contributed by atoms with Crippen molar-refractivity contribution >= 4 is 43.4 Å². The van der Waals surface area contributed by atoms with Crippen molar-refractivity contribution in [1.82, 2.24) is 9.29 Å². The first-order valence-corrected chi connectivity index (χ1v) is 15.3. The van der Waals surface area contributed by atoms with Crippen molar-refractivity contribution in [1.29, 1.82) is 0 Å². The Hall–Kier alpha value is -1.78. The number of aromatic nitrogens is 1. The highest BCUT2D eigenvalue weighted by Gasteiger charge is 2.35.